The molecule has 4 aliphatic rings. The number of rotatable bonds is 5. The average Bonchev–Trinajstić information content (AvgIpc) is 3.82. The number of aryl methyl sites for hydroxylation is 2. The van der Waals surface area contributed by atoms with Crippen molar-refractivity contribution in [2.24, 2.45) is 36.1 Å². The Bertz CT molecular complexity index is 2480. The van der Waals surface area contributed by atoms with Crippen molar-refractivity contribution in [3.05, 3.63) is 113 Å². The molecule has 11 heteroatoms. The molecule has 2 aliphatic heterocycles. The number of aromatic hydroxyl groups is 1. The lowest BCUT2D eigenvalue weighted by Crippen LogP contribution is -2.49. The summed E-state index contributed by atoms with van der Waals surface area (Å²) < 4.78 is 2.61. The zero-order valence-corrected chi connectivity index (χ0v) is 30.8. The Labute approximate surface area is 314 Å². The number of phenolic OH excluding ortho intramolecular Hbond substituents is 1. The normalized spacial score (nSPS) is 26.6. The summed E-state index contributed by atoms with van der Waals surface area (Å²) in [6, 6.07) is 21.5. The number of aromatic nitrogens is 2. The maximum Gasteiger partial charge on any atom is 0.242 e. The first-order chi connectivity index (χ1) is 25.4. The van der Waals surface area contributed by atoms with E-state index in [0.717, 1.165) is 31.7 Å². The Balaban J connectivity index is 1.14. The van der Waals surface area contributed by atoms with Crippen LogP contribution in [0.5, 0.6) is 5.75 Å². The highest BCUT2D eigenvalue weighted by Gasteiger charge is 2.68. The summed E-state index contributed by atoms with van der Waals surface area (Å²) in [4.78, 5) is 61.6. The van der Waals surface area contributed by atoms with Gasteiger partial charge in [-0.1, -0.05) is 66.2 Å². The van der Waals surface area contributed by atoms with Crippen molar-refractivity contribution in [2.75, 3.05) is 9.80 Å². The van der Waals surface area contributed by atoms with Crippen molar-refractivity contribution < 1.29 is 24.3 Å². The second-order valence-corrected chi connectivity index (χ2v) is 16.2. The molecule has 9 nitrogen and oxygen atoms in total. The first-order valence-corrected chi connectivity index (χ1v) is 18.8. The minimum Gasteiger partial charge on any atom is -0.508 e. The van der Waals surface area contributed by atoms with Crippen LogP contribution < -0.4 is 9.80 Å². The van der Waals surface area contributed by atoms with Crippen molar-refractivity contribution in [1.29, 1.82) is 0 Å². The van der Waals surface area contributed by atoms with Crippen LogP contribution in [-0.4, -0.2) is 38.5 Å². The number of para-hydroxylation sites is 1. The monoisotopic (exact) mass is 742 g/mol. The first-order valence-electron chi connectivity index (χ1n) is 17.6. The van der Waals surface area contributed by atoms with E-state index >= 15 is 4.79 Å². The van der Waals surface area contributed by atoms with Gasteiger partial charge < -0.3 is 5.11 Å². The van der Waals surface area contributed by atoms with E-state index in [-0.39, 0.29) is 29.9 Å². The molecule has 4 heterocycles. The van der Waals surface area contributed by atoms with E-state index in [2.05, 4.69) is 6.58 Å². The third-order valence-corrected chi connectivity index (χ3v) is 13.7. The minimum atomic E-state index is -1.30. The summed E-state index contributed by atoms with van der Waals surface area (Å²) in [7, 11) is 1.72. The van der Waals surface area contributed by atoms with E-state index in [1.165, 1.54) is 9.80 Å². The summed E-state index contributed by atoms with van der Waals surface area (Å²) in [5.74, 6) is -4.41. The van der Waals surface area contributed by atoms with Gasteiger partial charge >= 0.3 is 0 Å². The molecule has 2 aliphatic carbocycles. The van der Waals surface area contributed by atoms with Crippen molar-refractivity contribution in [3.8, 4) is 16.3 Å². The number of benzene rings is 3. The Morgan fingerprint density at radius 3 is 2.45 bits per heavy atom. The Hall–Kier alpha value is -5.32. The number of nitrogens with zero attached hydrogens (tertiary/aromatic N) is 4. The number of carbonyl (C=O) groups is 4. The standard InChI is InChI=1S/C42H35ClN4O5S/c1-5-22-10-13-24(14-11-22)46-38(49)27-16-15-25-29(35(27)40(46)51)19-30-39(50)47(41(52)42(30,3)36(25)26-8-6-7-9-32(26)48)34-20-31(44-45(34)4)37-21(2)28-18-23(43)12-17-33(28)53-37/h5-15,17-18,20,27,29-30,35-36,48H,1,16,19H2,2-4H3/t27-,29+,30-,35-,36+,42+/m0/s1. The van der Waals surface area contributed by atoms with Crippen LogP contribution in [0, 0.1) is 36.0 Å². The lowest BCUT2D eigenvalue weighted by molar-refractivity contribution is -0.131. The van der Waals surface area contributed by atoms with E-state index in [4.69, 9.17) is 16.7 Å². The summed E-state index contributed by atoms with van der Waals surface area (Å²) >= 11 is 7.88. The van der Waals surface area contributed by atoms with Gasteiger partial charge in [-0.3, -0.25) is 28.8 Å². The number of anilines is 2. The van der Waals surface area contributed by atoms with Gasteiger partial charge in [-0.15, -0.1) is 11.3 Å². The van der Waals surface area contributed by atoms with Crippen molar-refractivity contribution in [3.63, 3.8) is 0 Å². The zero-order chi connectivity index (χ0) is 37.1. The fourth-order valence-electron chi connectivity index (χ4n) is 9.54. The van der Waals surface area contributed by atoms with Crippen LogP contribution in [0.1, 0.15) is 42.4 Å². The smallest absolute Gasteiger partial charge is 0.242 e. The summed E-state index contributed by atoms with van der Waals surface area (Å²) in [5, 5.41) is 17.8. The van der Waals surface area contributed by atoms with Crippen molar-refractivity contribution >= 4 is 74.2 Å². The number of halogens is 1. The molecule has 53 heavy (non-hydrogen) atoms. The van der Waals surface area contributed by atoms with Gasteiger partial charge in [0.1, 0.15) is 17.3 Å². The van der Waals surface area contributed by atoms with E-state index in [1.807, 2.05) is 50.3 Å². The highest BCUT2D eigenvalue weighted by molar-refractivity contribution is 7.22. The number of carbonyl (C=O) groups excluding carboxylic acids is 4. The maximum atomic E-state index is 15.0. The molecular formula is C42H35ClN4O5S. The summed E-state index contributed by atoms with van der Waals surface area (Å²) in [5.41, 5.74) is 3.01. The Kier molecular flexibility index (Phi) is 7.49. The molecule has 0 bridgehead atoms. The van der Waals surface area contributed by atoms with E-state index < -0.39 is 40.9 Å². The predicted molar refractivity (Wildman–Crippen MR) is 206 cm³/mol. The number of imide groups is 2. The number of amides is 4. The van der Waals surface area contributed by atoms with E-state index in [9.17, 15) is 19.5 Å². The molecule has 1 saturated carbocycles. The third kappa shape index (κ3) is 4.64. The molecule has 3 fully saturated rings. The number of phenols is 1. The quantitative estimate of drug-likeness (QED) is 0.144. The van der Waals surface area contributed by atoms with Gasteiger partial charge in [-0.05, 0) is 85.5 Å². The van der Waals surface area contributed by atoms with Gasteiger partial charge in [0.25, 0.3) is 0 Å². The minimum absolute atomic E-state index is 0.000710. The van der Waals surface area contributed by atoms with Crippen LogP contribution in [0.25, 0.3) is 26.7 Å². The van der Waals surface area contributed by atoms with Gasteiger partial charge in [-0.2, -0.15) is 5.10 Å². The number of fused-ring (bicyclic) bond motifs is 5. The van der Waals surface area contributed by atoms with Gasteiger partial charge in [0.15, 0.2) is 0 Å². The zero-order valence-electron chi connectivity index (χ0n) is 29.2. The fourth-order valence-corrected chi connectivity index (χ4v) is 10.9. The number of allylic oxidation sites excluding steroid dienone is 2. The van der Waals surface area contributed by atoms with Crippen LogP contribution in [0.3, 0.4) is 0 Å². The molecule has 0 unspecified atom stereocenters. The number of thiophene rings is 1. The molecule has 6 atom stereocenters. The molecule has 0 spiro atoms. The molecule has 0 radical (unpaired) electrons. The van der Waals surface area contributed by atoms with Crippen LogP contribution in [0.2, 0.25) is 5.02 Å². The first kappa shape index (κ1) is 33.5. The van der Waals surface area contributed by atoms with Crippen LogP contribution in [-0.2, 0) is 26.2 Å². The largest absolute Gasteiger partial charge is 0.508 e. The third-order valence-electron chi connectivity index (χ3n) is 12.1. The van der Waals surface area contributed by atoms with Crippen molar-refractivity contribution in [2.45, 2.75) is 32.6 Å². The SMILES string of the molecule is C=Cc1ccc(N2C(=O)[C@H]3[C@H](CC=C4[C@H]3C[C@H]3C(=O)N(c5cc(-c6sc7ccc(Cl)cc7c6C)nn5C)C(=O)[C@@]3(C)[C@H]4c3ccccc3O)C2=O)cc1. The molecule has 2 saturated heterocycles. The predicted octanol–water partition coefficient (Wildman–Crippen LogP) is 8.05. The molecular weight excluding hydrogens is 708 g/mol. The fraction of sp³-hybridized carbons (Fsp3) is 0.262. The average molecular weight is 743 g/mol. The van der Waals surface area contributed by atoms with Gasteiger partial charge in [0.05, 0.1) is 33.7 Å². The van der Waals surface area contributed by atoms with Gasteiger partial charge in [-0.25, -0.2) is 4.90 Å². The maximum absolute atomic E-state index is 15.0. The lowest BCUT2D eigenvalue weighted by Gasteiger charge is -2.49. The summed E-state index contributed by atoms with van der Waals surface area (Å²) in [6.07, 6.45) is 4.20. The van der Waals surface area contributed by atoms with E-state index in [1.54, 1.807) is 71.6 Å². The van der Waals surface area contributed by atoms with Crippen LogP contribution in [0.4, 0.5) is 11.5 Å². The number of hydrogen-bond donors (Lipinski definition) is 1. The molecule has 4 amide bonds. The molecule has 3 aromatic carbocycles. The van der Waals surface area contributed by atoms with Crippen LogP contribution >= 0.6 is 22.9 Å². The molecule has 266 valence electrons. The van der Waals surface area contributed by atoms with E-state index in [0.29, 0.717) is 34.2 Å². The summed E-state index contributed by atoms with van der Waals surface area (Å²) in [6.45, 7) is 7.61. The molecule has 2 aromatic heterocycles. The number of hydrogen-bond acceptors (Lipinski definition) is 7. The van der Waals surface area contributed by atoms with Crippen molar-refractivity contribution in [1.82, 2.24) is 9.78 Å². The lowest BCUT2D eigenvalue weighted by atomic mass is 9.51. The highest BCUT2D eigenvalue weighted by Crippen LogP contribution is 2.64. The Morgan fingerprint density at radius 1 is 0.962 bits per heavy atom. The van der Waals surface area contributed by atoms with Gasteiger partial charge in [0, 0.05) is 34.3 Å². The second kappa shape index (κ2) is 11.8. The highest BCUT2D eigenvalue weighted by atomic mass is 35.5. The molecule has 9 rings (SSSR count). The topological polar surface area (TPSA) is 113 Å². The van der Waals surface area contributed by atoms with Gasteiger partial charge in [0.2, 0.25) is 23.6 Å². The molecule has 5 aromatic rings. The molecule has 1 N–H and O–H groups in total. The Morgan fingerprint density at radius 2 is 1.72 bits per heavy atom. The second-order valence-electron chi connectivity index (χ2n) is 14.7. The van der Waals surface area contributed by atoms with Crippen LogP contribution in [0.15, 0.2) is 91.0 Å².